The molecule has 1 aromatic rings. The van der Waals surface area contributed by atoms with Crippen LogP contribution in [0.3, 0.4) is 0 Å². The lowest BCUT2D eigenvalue weighted by Crippen LogP contribution is -2.31. The van der Waals surface area contributed by atoms with Gasteiger partial charge in [0.1, 0.15) is 0 Å². The third kappa shape index (κ3) is 3.03. The summed E-state index contributed by atoms with van der Waals surface area (Å²) in [5.41, 5.74) is 1.32. The van der Waals surface area contributed by atoms with Crippen molar-refractivity contribution in [3.63, 3.8) is 0 Å². The topological polar surface area (TPSA) is 21.3 Å². The van der Waals surface area contributed by atoms with Gasteiger partial charge >= 0.3 is 0 Å². The molecular weight excluding hydrogens is 254 g/mol. The van der Waals surface area contributed by atoms with Gasteiger partial charge in [0.2, 0.25) is 0 Å². The van der Waals surface area contributed by atoms with Crippen LogP contribution in [0.1, 0.15) is 24.9 Å². The van der Waals surface area contributed by atoms with Crippen LogP contribution in [0.5, 0.6) is 0 Å². The largest absolute Gasteiger partial charge is 0.380 e. The summed E-state index contributed by atoms with van der Waals surface area (Å²) in [6.07, 6.45) is 1.13. The van der Waals surface area contributed by atoms with Crippen molar-refractivity contribution in [1.29, 1.82) is 0 Å². The van der Waals surface area contributed by atoms with E-state index >= 15 is 0 Å². The van der Waals surface area contributed by atoms with Crippen molar-refractivity contribution >= 4 is 15.9 Å². The summed E-state index contributed by atoms with van der Waals surface area (Å²) >= 11 is 3.44. The highest BCUT2D eigenvalue weighted by Crippen LogP contribution is 2.18. The highest BCUT2D eigenvalue weighted by atomic mass is 79.9. The Balaban J connectivity index is 1.94. The monoisotopic (exact) mass is 269 g/mol. The molecule has 82 valence electrons. The van der Waals surface area contributed by atoms with E-state index in [4.69, 9.17) is 4.74 Å². The molecule has 2 atom stereocenters. The van der Waals surface area contributed by atoms with E-state index in [1.165, 1.54) is 5.56 Å². The Hall–Kier alpha value is -0.380. The molecule has 1 saturated heterocycles. The van der Waals surface area contributed by atoms with Gasteiger partial charge in [-0.2, -0.15) is 0 Å². The van der Waals surface area contributed by atoms with Gasteiger partial charge in [-0.3, -0.25) is 0 Å². The molecule has 0 aliphatic carbocycles. The fraction of sp³-hybridized carbons (Fsp3) is 0.500. The van der Waals surface area contributed by atoms with Crippen LogP contribution in [0.4, 0.5) is 0 Å². The van der Waals surface area contributed by atoms with Gasteiger partial charge in [-0.25, -0.2) is 0 Å². The van der Waals surface area contributed by atoms with Crippen LogP contribution in [0.2, 0.25) is 0 Å². The molecule has 15 heavy (non-hydrogen) atoms. The molecule has 0 radical (unpaired) electrons. The van der Waals surface area contributed by atoms with Crippen LogP contribution in [0, 0.1) is 0 Å². The van der Waals surface area contributed by atoms with E-state index in [9.17, 15) is 0 Å². The maximum absolute atomic E-state index is 5.34. The third-order valence-corrected chi connectivity index (χ3v) is 3.31. The Morgan fingerprint density at radius 2 is 2.13 bits per heavy atom. The molecule has 1 fully saturated rings. The molecular formula is C12H16BrNO. The smallest absolute Gasteiger partial charge is 0.0620 e. The first kappa shape index (κ1) is 11.1. The van der Waals surface area contributed by atoms with Crippen LogP contribution in [0.15, 0.2) is 28.7 Å². The molecule has 1 heterocycles. The summed E-state index contributed by atoms with van der Waals surface area (Å²) in [5, 5.41) is 3.57. The van der Waals surface area contributed by atoms with Gasteiger partial charge < -0.3 is 10.1 Å². The minimum Gasteiger partial charge on any atom is -0.380 e. The summed E-state index contributed by atoms with van der Waals surface area (Å²) < 4.78 is 6.47. The number of benzene rings is 1. The second kappa shape index (κ2) is 5.10. The predicted molar refractivity (Wildman–Crippen MR) is 64.9 cm³/mol. The number of rotatable bonds is 3. The first-order valence-corrected chi connectivity index (χ1v) is 6.14. The first-order chi connectivity index (χ1) is 7.25. The number of hydrogen-bond donors (Lipinski definition) is 1. The predicted octanol–water partition coefficient (Wildman–Crippen LogP) is 2.89. The maximum Gasteiger partial charge on any atom is 0.0620 e. The molecule has 0 aromatic heterocycles. The van der Waals surface area contributed by atoms with Gasteiger partial charge in [0, 0.05) is 23.2 Å². The Bertz CT molecular complexity index is 306. The van der Waals surface area contributed by atoms with Crippen LogP contribution in [0.25, 0.3) is 0 Å². The van der Waals surface area contributed by atoms with E-state index in [0.717, 1.165) is 24.1 Å². The SMILES string of the molecule is CC(NC1CCOC1)c1ccc(Br)cc1. The molecule has 1 aliphatic heterocycles. The van der Waals surface area contributed by atoms with Crippen LogP contribution < -0.4 is 5.32 Å². The van der Waals surface area contributed by atoms with Crippen LogP contribution in [-0.2, 0) is 4.74 Å². The van der Waals surface area contributed by atoms with E-state index in [1.54, 1.807) is 0 Å². The Morgan fingerprint density at radius 3 is 2.73 bits per heavy atom. The minimum atomic E-state index is 0.393. The van der Waals surface area contributed by atoms with Gasteiger partial charge in [-0.15, -0.1) is 0 Å². The number of halogens is 1. The average molecular weight is 270 g/mol. The van der Waals surface area contributed by atoms with Gasteiger partial charge in [-0.05, 0) is 31.0 Å². The van der Waals surface area contributed by atoms with Crippen molar-refractivity contribution in [2.45, 2.75) is 25.4 Å². The Labute approximate surface area is 99.1 Å². The van der Waals surface area contributed by atoms with E-state index in [2.05, 4.69) is 52.4 Å². The first-order valence-electron chi connectivity index (χ1n) is 5.35. The van der Waals surface area contributed by atoms with Crippen LogP contribution in [-0.4, -0.2) is 19.3 Å². The summed E-state index contributed by atoms with van der Waals surface area (Å²) in [6, 6.07) is 9.38. The van der Waals surface area contributed by atoms with Crippen molar-refractivity contribution in [1.82, 2.24) is 5.32 Å². The summed E-state index contributed by atoms with van der Waals surface area (Å²) in [5.74, 6) is 0. The van der Waals surface area contributed by atoms with Crippen molar-refractivity contribution in [2.24, 2.45) is 0 Å². The van der Waals surface area contributed by atoms with E-state index in [-0.39, 0.29) is 0 Å². The van der Waals surface area contributed by atoms with E-state index in [1.807, 2.05) is 0 Å². The van der Waals surface area contributed by atoms with Gasteiger partial charge in [0.05, 0.1) is 6.61 Å². The Morgan fingerprint density at radius 1 is 1.40 bits per heavy atom. The van der Waals surface area contributed by atoms with Crippen LogP contribution >= 0.6 is 15.9 Å². The average Bonchev–Trinajstić information content (AvgIpc) is 2.71. The standard InChI is InChI=1S/C12H16BrNO/c1-9(14-12-6-7-15-8-12)10-2-4-11(13)5-3-10/h2-5,9,12,14H,6-8H2,1H3. The minimum absolute atomic E-state index is 0.393. The summed E-state index contributed by atoms with van der Waals surface area (Å²) in [6.45, 7) is 3.94. The zero-order valence-electron chi connectivity index (χ0n) is 8.87. The molecule has 1 aromatic carbocycles. The lowest BCUT2D eigenvalue weighted by atomic mass is 10.1. The van der Waals surface area contributed by atoms with Gasteiger partial charge in [0.25, 0.3) is 0 Å². The second-order valence-corrected chi connectivity index (χ2v) is 4.92. The van der Waals surface area contributed by atoms with Gasteiger partial charge in [-0.1, -0.05) is 28.1 Å². The van der Waals surface area contributed by atoms with E-state index < -0.39 is 0 Å². The zero-order chi connectivity index (χ0) is 10.7. The second-order valence-electron chi connectivity index (χ2n) is 4.00. The molecule has 0 saturated carbocycles. The summed E-state index contributed by atoms with van der Waals surface area (Å²) in [4.78, 5) is 0. The van der Waals surface area contributed by atoms with Crippen molar-refractivity contribution in [3.8, 4) is 0 Å². The lowest BCUT2D eigenvalue weighted by Gasteiger charge is -2.18. The van der Waals surface area contributed by atoms with Crippen molar-refractivity contribution in [3.05, 3.63) is 34.3 Å². The molecule has 2 rings (SSSR count). The number of nitrogens with one attached hydrogen (secondary N) is 1. The molecule has 0 bridgehead atoms. The van der Waals surface area contributed by atoms with E-state index in [0.29, 0.717) is 12.1 Å². The highest BCUT2D eigenvalue weighted by Gasteiger charge is 2.17. The zero-order valence-corrected chi connectivity index (χ0v) is 10.5. The molecule has 1 aliphatic rings. The quantitative estimate of drug-likeness (QED) is 0.911. The normalized spacial score (nSPS) is 22.9. The number of ether oxygens (including phenoxy) is 1. The molecule has 2 nitrogen and oxygen atoms in total. The fourth-order valence-corrected chi connectivity index (χ4v) is 2.13. The van der Waals surface area contributed by atoms with Crippen molar-refractivity contribution < 1.29 is 4.74 Å². The molecule has 1 N–H and O–H groups in total. The van der Waals surface area contributed by atoms with Crippen molar-refractivity contribution in [2.75, 3.05) is 13.2 Å². The lowest BCUT2D eigenvalue weighted by molar-refractivity contribution is 0.188. The third-order valence-electron chi connectivity index (χ3n) is 2.79. The molecule has 0 amide bonds. The molecule has 2 unspecified atom stereocenters. The fourth-order valence-electron chi connectivity index (χ4n) is 1.87. The molecule has 0 spiro atoms. The Kier molecular flexibility index (Phi) is 3.78. The van der Waals surface area contributed by atoms with Gasteiger partial charge in [0.15, 0.2) is 0 Å². The maximum atomic E-state index is 5.34. The summed E-state index contributed by atoms with van der Waals surface area (Å²) in [7, 11) is 0. The highest BCUT2D eigenvalue weighted by molar-refractivity contribution is 9.10. The number of hydrogen-bond acceptors (Lipinski definition) is 2. The molecule has 3 heteroatoms.